The molecule has 0 aliphatic rings. The van der Waals surface area contributed by atoms with Crippen molar-refractivity contribution in [1.29, 1.82) is 0 Å². The number of halogens is 3. The number of rotatable bonds is 3. The molecule has 0 aliphatic heterocycles. The van der Waals surface area contributed by atoms with Gasteiger partial charge in [-0.1, -0.05) is 12.2 Å². The molecule has 0 aliphatic carbocycles. The van der Waals surface area contributed by atoms with Crippen molar-refractivity contribution < 1.29 is 17.9 Å². The summed E-state index contributed by atoms with van der Waals surface area (Å²) >= 11 is 5.13. The highest BCUT2D eigenvalue weighted by atomic mass is 32.1. The van der Waals surface area contributed by atoms with Crippen LogP contribution in [-0.4, -0.2) is 16.9 Å². The lowest BCUT2D eigenvalue weighted by Crippen LogP contribution is -2.05. The summed E-state index contributed by atoms with van der Waals surface area (Å²) in [7, 11) is 1.55. The number of alkyl halides is 3. The third-order valence-corrected chi connectivity index (χ3v) is 2.83. The zero-order valence-electron chi connectivity index (χ0n) is 9.99. The number of ether oxygens (including phenoxy) is 1. The number of hydrogen-bond acceptors (Lipinski definition) is 2. The fraction of sp³-hybridized carbons (Fsp3) is 0.250. The Kier molecular flexibility index (Phi) is 3.77. The van der Waals surface area contributed by atoms with Crippen molar-refractivity contribution in [3.63, 3.8) is 0 Å². The Balaban J connectivity index is 2.35. The Bertz CT molecular complexity index is 613. The van der Waals surface area contributed by atoms with E-state index in [1.165, 1.54) is 16.8 Å². The molecule has 7 heteroatoms. The smallest absolute Gasteiger partial charge is 0.378 e. The van der Waals surface area contributed by atoms with Gasteiger partial charge in [-0.25, -0.2) is 4.68 Å². The van der Waals surface area contributed by atoms with Gasteiger partial charge in [0.25, 0.3) is 0 Å². The topological polar surface area (TPSA) is 29.9 Å². The van der Waals surface area contributed by atoms with Crippen molar-refractivity contribution >= 4 is 12.2 Å². The van der Waals surface area contributed by atoms with Crippen LogP contribution in [0.25, 0.3) is 5.69 Å². The molecule has 0 bridgehead atoms. The SMILES string of the molecule is COCc1cc(=S)n(-c2ccc(C(F)(F)F)cc2)[nH]1. The molecule has 102 valence electrons. The number of nitrogens with one attached hydrogen (secondary N) is 1. The fourth-order valence-electron chi connectivity index (χ4n) is 1.67. The standard InChI is InChI=1S/C12H11F3N2OS/c1-18-7-9-6-11(19)17(16-9)10-4-2-8(3-5-10)12(13,14)15/h2-6,16H,7H2,1H3. The van der Waals surface area contributed by atoms with Crippen molar-refractivity contribution in [3.05, 3.63) is 46.2 Å². The minimum atomic E-state index is -4.34. The Labute approximate surface area is 112 Å². The van der Waals surface area contributed by atoms with Crippen LogP contribution in [0.15, 0.2) is 30.3 Å². The summed E-state index contributed by atoms with van der Waals surface area (Å²) in [6, 6.07) is 6.48. The van der Waals surface area contributed by atoms with Crippen LogP contribution >= 0.6 is 12.2 Å². The van der Waals surface area contributed by atoms with E-state index in [2.05, 4.69) is 5.10 Å². The Hall–Kier alpha value is -1.60. The lowest BCUT2D eigenvalue weighted by atomic mass is 10.2. The Morgan fingerprint density at radius 1 is 1.26 bits per heavy atom. The van der Waals surface area contributed by atoms with E-state index in [9.17, 15) is 13.2 Å². The van der Waals surface area contributed by atoms with E-state index >= 15 is 0 Å². The molecule has 0 atom stereocenters. The molecule has 0 radical (unpaired) electrons. The lowest BCUT2D eigenvalue weighted by molar-refractivity contribution is -0.137. The zero-order chi connectivity index (χ0) is 14.0. The van der Waals surface area contributed by atoms with Crippen LogP contribution in [0, 0.1) is 4.64 Å². The molecule has 0 spiro atoms. The first-order valence-electron chi connectivity index (χ1n) is 5.39. The van der Waals surface area contributed by atoms with Gasteiger partial charge in [0, 0.05) is 7.11 Å². The van der Waals surface area contributed by atoms with Crippen LogP contribution < -0.4 is 0 Å². The van der Waals surface area contributed by atoms with Crippen LogP contribution in [0.4, 0.5) is 13.2 Å². The first-order valence-corrected chi connectivity index (χ1v) is 5.80. The second-order valence-corrected chi connectivity index (χ2v) is 4.35. The minimum Gasteiger partial charge on any atom is -0.378 e. The summed E-state index contributed by atoms with van der Waals surface area (Å²) in [4.78, 5) is 0. The quantitative estimate of drug-likeness (QED) is 0.873. The molecule has 3 nitrogen and oxygen atoms in total. The van der Waals surface area contributed by atoms with Crippen LogP contribution in [0.3, 0.4) is 0 Å². The first-order chi connectivity index (χ1) is 8.91. The number of aromatic nitrogens is 2. The van der Waals surface area contributed by atoms with E-state index in [4.69, 9.17) is 17.0 Å². The predicted octanol–water partition coefficient (Wildman–Crippen LogP) is 3.70. The van der Waals surface area contributed by atoms with Crippen LogP contribution in [0.2, 0.25) is 0 Å². The monoisotopic (exact) mass is 288 g/mol. The van der Waals surface area contributed by atoms with E-state index in [1.807, 2.05) is 0 Å². The number of hydrogen-bond donors (Lipinski definition) is 1. The number of methoxy groups -OCH3 is 1. The van der Waals surface area contributed by atoms with E-state index in [0.29, 0.717) is 16.9 Å². The minimum absolute atomic E-state index is 0.358. The summed E-state index contributed by atoms with van der Waals surface area (Å²) in [6.45, 7) is 0.358. The highest BCUT2D eigenvalue weighted by Crippen LogP contribution is 2.29. The van der Waals surface area contributed by atoms with Gasteiger partial charge >= 0.3 is 6.18 Å². The van der Waals surface area contributed by atoms with Crippen LogP contribution in [0.5, 0.6) is 0 Å². The van der Waals surface area contributed by atoms with Crippen molar-refractivity contribution in [2.75, 3.05) is 7.11 Å². The molecule has 0 saturated carbocycles. The molecule has 0 unspecified atom stereocenters. The highest BCUT2D eigenvalue weighted by Gasteiger charge is 2.30. The van der Waals surface area contributed by atoms with Crippen molar-refractivity contribution in [3.8, 4) is 5.69 Å². The molecule has 1 aromatic heterocycles. The molecular formula is C12H11F3N2OS. The fourth-order valence-corrected chi connectivity index (χ4v) is 1.96. The van der Waals surface area contributed by atoms with Crippen molar-refractivity contribution in [2.24, 2.45) is 0 Å². The average molecular weight is 288 g/mol. The van der Waals surface area contributed by atoms with E-state index < -0.39 is 11.7 Å². The molecule has 0 saturated heterocycles. The lowest BCUT2D eigenvalue weighted by Gasteiger charge is -2.08. The zero-order valence-corrected chi connectivity index (χ0v) is 10.8. The van der Waals surface area contributed by atoms with E-state index in [1.54, 1.807) is 13.2 Å². The van der Waals surface area contributed by atoms with Crippen LogP contribution in [-0.2, 0) is 17.5 Å². The normalized spacial score (nSPS) is 11.8. The van der Waals surface area contributed by atoms with Gasteiger partial charge in [-0.3, -0.25) is 5.10 Å². The molecule has 1 heterocycles. The third kappa shape index (κ3) is 3.05. The van der Waals surface area contributed by atoms with Crippen LogP contribution in [0.1, 0.15) is 11.3 Å². The van der Waals surface area contributed by atoms with E-state index in [-0.39, 0.29) is 0 Å². The summed E-state index contributed by atoms with van der Waals surface area (Å²) in [5.41, 5.74) is 0.610. The Morgan fingerprint density at radius 3 is 2.42 bits per heavy atom. The van der Waals surface area contributed by atoms with Gasteiger partial charge in [0.15, 0.2) is 0 Å². The van der Waals surface area contributed by atoms with Gasteiger partial charge in [0.1, 0.15) is 4.64 Å². The number of nitrogens with zero attached hydrogens (tertiary/aromatic N) is 1. The van der Waals surface area contributed by atoms with Gasteiger partial charge in [0.2, 0.25) is 0 Å². The summed E-state index contributed by atoms with van der Waals surface area (Å²) in [5, 5.41) is 2.96. The predicted molar refractivity (Wildman–Crippen MR) is 66.7 cm³/mol. The van der Waals surface area contributed by atoms with Crippen molar-refractivity contribution in [1.82, 2.24) is 9.78 Å². The molecule has 19 heavy (non-hydrogen) atoms. The first kappa shape index (κ1) is 13.8. The summed E-state index contributed by atoms with van der Waals surface area (Å²) in [6.07, 6.45) is -4.34. The van der Waals surface area contributed by atoms with Gasteiger partial charge < -0.3 is 4.74 Å². The second-order valence-electron chi connectivity index (χ2n) is 3.93. The maximum atomic E-state index is 12.5. The summed E-state index contributed by atoms with van der Waals surface area (Å²) < 4.78 is 44.3. The molecule has 0 amide bonds. The van der Waals surface area contributed by atoms with Crippen molar-refractivity contribution in [2.45, 2.75) is 12.8 Å². The molecular weight excluding hydrogens is 277 g/mol. The van der Waals surface area contributed by atoms with E-state index in [0.717, 1.165) is 17.8 Å². The Morgan fingerprint density at radius 2 is 1.89 bits per heavy atom. The molecule has 2 rings (SSSR count). The van der Waals surface area contributed by atoms with Gasteiger partial charge in [-0.05, 0) is 30.3 Å². The van der Waals surface area contributed by atoms with Gasteiger partial charge in [-0.2, -0.15) is 13.2 Å². The largest absolute Gasteiger partial charge is 0.416 e. The second kappa shape index (κ2) is 5.18. The number of H-pyrrole nitrogens is 1. The summed E-state index contributed by atoms with van der Waals surface area (Å²) in [5.74, 6) is 0. The average Bonchev–Trinajstić information content (AvgIpc) is 2.70. The maximum absolute atomic E-state index is 12.5. The van der Waals surface area contributed by atoms with Gasteiger partial charge in [0.05, 0.1) is 23.6 Å². The number of benzene rings is 1. The van der Waals surface area contributed by atoms with Gasteiger partial charge in [-0.15, -0.1) is 0 Å². The number of aromatic amines is 1. The molecule has 0 fully saturated rings. The maximum Gasteiger partial charge on any atom is 0.416 e. The molecule has 1 aromatic carbocycles. The third-order valence-electron chi connectivity index (χ3n) is 2.53. The molecule has 2 aromatic rings. The molecule has 1 N–H and O–H groups in total. The highest BCUT2D eigenvalue weighted by molar-refractivity contribution is 7.71.